The maximum Gasteiger partial charge on any atom is 0.254 e. The van der Waals surface area contributed by atoms with Crippen LogP contribution in [0.25, 0.3) is 0 Å². The third-order valence-corrected chi connectivity index (χ3v) is 4.84. The number of aromatic hydroxyl groups is 1. The van der Waals surface area contributed by atoms with Crippen molar-refractivity contribution in [2.45, 2.75) is 45.7 Å². The number of aromatic nitrogens is 2. The second-order valence-electron chi connectivity index (χ2n) is 7.88. The Balaban J connectivity index is 1.91. The molecule has 0 saturated heterocycles. The number of aromatic amines is 1. The van der Waals surface area contributed by atoms with Gasteiger partial charge in [-0.15, -0.1) is 0 Å². The quantitative estimate of drug-likeness (QED) is 0.855. The summed E-state index contributed by atoms with van der Waals surface area (Å²) < 4.78 is 10.9. The number of phenols is 1. The van der Waals surface area contributed by atoms with Crippen LogP contribution in [-0.2, 0) is 24.9 Å². The summed E-state index contributed by atoms with van der Waals surface area (Å²) in [5, 5.41) is 9.83. The van der Waals surface area contributed by atoms with Crippen molar-refractivity contribution in [1.82, 2.24) is 14.9 Å². The number of hydrogen-bond donors (Lipinski definition) is 2. The van der Waals surface area contributed by atoms with E-state index in [-0.39, 0.29) is 16.7 Å². The molecular weight excluding hydrogens is 346 g/mol. The third kappa shape index (κ3) is 3.93. The van der Waals surface area contributed by atoms with Crippen LogP contribution in [0.3, 0.4) is 0 Å². The number of nitrogens with one attached hydrogen (secondary N) is 1. The predicted octanol–water partition coefficient (Wildman–Crippen LogP) is 2.35. The smallest absolute Gasteiger partial charge is 0.254 e. The molecule has 2 heterocycles. The first-order valence-corrected chi connectivity index (χ1v) is 9.01. The van der Waals surface area contributed by atoms with Crippen molar-refractivity contribution >= 4 is 0 Å². The van der Waals surface area contributed by atoms with Crippen molar-refractivity contribution in [2.24, 2.45) is 0 Å². The van der Waals surface area contributed by atoms with E-state index in [1.54, 1.807) is 26.4 Å². The number of benzene rings is 1. The highest BCUT2D eigenvalue weighted by atomic mass is 16.5. The highest BCUT2D eigenvalue weighted by Gasteiger charge is 2.26. The van der Waals surface area contributed by atoms with E-state index < -0.39 is 0 Å². The van der Waals surface area contributed by atoms with Crippen LogP contribution < -0.4 is 15.0 Å². The van der Waals surface area contributed by atoms with E-state index in [0.717, 1.165) is 23.4 Å². The number of hydrogen-bond acceptors (Lipinski definition) is 6. The van der Waals surface area contributed by atoms with Gasteiger partial charge < -0.3 is 19.6 Å². The normalized spacial score (nSPS) is 14.7. The molecule has 0 atom stereocenters. The molecule has 2 N–H and O–H groups in total. The molecule has 0 amide bonds. The average molecular weight is 373 g/mol. The van der Waals surface area contributed by atoms with Gasteiger partial charge in [0.2, 0.25) is 0 Å². The molecule has 7 heteroatoms. The Morgan fingerprint density at radius 2 is 1.85 bits per heavy atom. The molecule has 0 fully saturated rings. The molecule has 1 aliphatic heterocycles. The summed E-state index contributed by atoms with van der Waals surface area (Å²) in [4.78, 5) is 22.3. The first-order valence-electron chi connectivity index (χ1n) is 9.01. The zero-order valence-corrected chi connectivity index (χ0v) is 16.5. The van der Waals surface area contributed by atoms with Gasteiger partial charge in [0.05, 0.1) is 25.5 Å². The zero-order chi connectivity index (χ0) is 19.8. The van der Waals surface area contributed by atoms with Crippen LogP contribution in [-0.4, -0.2) is 40.7 Å². The van der Waals surface area contributed by atoms with Gasteiger partial charge in [-0.05, 0) is 6.42 Å². The molecule has 0 unspecified atom stereocenters. The Bertz CT molecular complexity index is 874. The summed E-state index contributed by atoms with van der Waals surface area (Å²) >= 11 is 0. The Morgan fingerprint density at radius 1 is 1.22 bits per heavy atom. The van der Waals surface area contributed by atoms with Crippen molar-refractivity contribution < 1.29 is 14.6 Å². The maximum absolute atomic E-state index is 12.5. The van der Waals surface area contributed by atoms with Gasteiger partial charge in [-0.25, -0.2) is 4.98 Å². The van der Waals surface area contributed by atoms with Crippen molar-refractivity contribution in [3.63, 3.8) is 0 Å². The molecule has 1 aliphatic rings. The molecule has 0 radical (unpaired) electrons. The van der Waals surface area contributed by atoms with E-state index >= 15 is 0 Å². The minimum atomic E-state index is -0.222. The van der Waals surface area contributed by atoms with Crippen LogP contribution in [0.15, 0.2) is 16.9 Å². The predicted molar refractivity (Wildman–Crippen MR) is 103 cm³/mol. The molecule has 0 spiro atoms. The Kier molecular flexibility index (Phi) is 5.15. The first kappa shape index (κ1) is 19.2. The highest BCUT2D eigenvalue weighted by Crippen LogP contribution is 2.35. The summed E-state index contributed by atoms with van der Waals surface area (Å²) in [6, 6.07) is 3.16. The van der Waals surface area contributed by atoms with Gasteiger partial charge >= 0.3 is 0 Å². The van der Waals surface area contributed by atoms with Gasteiger partial charge in [-0.1, -0.05) is 20.8 Å². The molecule has 0 saturated carbocycles. The molecule has 7 nitrogen and oxygen atoms in total. The number of ether oxygens (including phenoxy) is 2. The lowest BCUT2D eigenvalue weighted by Gasteiger charge is -2.29. The van der Waals surface area contributed by atoms with Crippen LogP contribution in [0.2, 0.25) is 0 Å². The van der Waals surface area contributed by atoms with Crippen LogP contribution in [0.1, 0.15) is 43.4 Å². The van der Waals surface area contributed by atoms with Gasteiger partial charge in [0.25, 0.3) is 5.56 Å². The lowest BCUT2D eigenvalue weighted by Crippen LogP contribution is -2.36. The van der Waals surface area contributed by atoms with Crippen LogP contribution >= 0.6 is 0 Å². The van der Waals surface area contributed by atoms with Gasteiger partial charge in [0, 0.05) is 42.7 Å². The van der Waals surface area contributed by atoms with E-state index in [2.05, 4.69) is 9.88 Å². The highest BCUT2D eigenvalue weighted by molar-refractivity contribution is 5.50. The van der Waals surface area contributed by atoms with Gasteiger partial charge in [-0.3, -0.25) is 9.69 Å². The molecule has 1 aromatic heterocycles. The van der Waals surface area contributed by atoms with Crippen molar-refractivity contribution in [3.8, 4) is 17.2 Å². The van der Waals surface area contributed by atoms with E-state index in [1.165, 1.54) is 0 Å². The standard InChI is InChI=1S/C20H27N3O4/c1-20(2,3)19-21-15-11-23(7-6-13(15)18(25)22-19)10-14-16(26-4)8-12(24)9-17(14)27-5/h8-9,24H,6-7,10-11H2,1-5H3,(H,21,22,25). The average Bonchev–Trinajstić information content (AvgIpc) is 2.61. The second kappa shape index (κ2) is 7.23. The van der Waals surface area contributed by atoms with Gasteiger partial charge in [0.1, 0.15) is 23.1 Å². The third-order valence-electron chi connectivity index (χ3n) is 4.84. The fourth-order valence-electron chi connectivity index (χ4n) is 3.33. The van der Waals surface area contributed by atoms with Crippen LogP contribution in [0.4, 0.5) is 0 Å². The lowest BCUT2D eigenvalue weighted by molar-refractivity contribution is 0.231. The van der Waals surface area contributed by atoms with Crippen molar-refractivity contribution in [2.75, 3.05) is 20.8 Å². The molecule has 146 valence electrons. The first-order chi connectivity index (χ1) is 12.7. The molecule has 3 rings (SSSR count). The Labute approximate surface area is 159 Å². The zero-order valence-electron chi connectivity index (χ0n) is 16.5. The number of H-pyrrole nitrogens is 1. The fourth-order valence-corrected chi connectivity index (χ4v) is 3.33. The van der Waals surface area contributed by atoms with Crippen molar-refractivity contribution in [1.29, 1.82) is 0 Å². The van der Waals surface area contributed by atoms with Gasteiger partial charge in [-0.2, -0.15) is 0 Å². The lowest BCUT2D eigenvalue weighted by atomic mass is 9.95. The number of methoxy groups -OCH3 is 2. The maximum atomic E-state index is 12.5. The number of fused-ring (bicyclic) bond motifs is 1. The second-order valence-corrected chi connectivity index (χ2v) is 7.88. The topological polar surface area (TPSA) is 87.7 Å². The monoisotopic (exact) mass is 373 g/mol. The largest absolute Gasteiger partial charge is 0.508 e. The van der Waals surface area contributed by atoms with E-state index in [4.69, 9.17) is 14.5 Å². The molecule has 0 bridgehead atoms. The molecular formula is C20H27N3O4. The van der Waals surface area contributed by atoms with E-state index in [0.29, 0.717) is 36.8 Å². The summed E-state index contributed by atoms with van der Waals surface area (Å²) in [6.07, 6.45) is 0.644. The molecule has 1 aromatic carbocycles. The Morgan fingerprint density at radius 3 is 2.41 bits per heavy atom. The SMILES string of the molecule is COc1cc(O)cc(OC)c1CN1CCc2c(nc(C(C)(C)C)[nH]c2=O)C1. The van der Waals surface area contributed by atoms with Crippen LogP contribution in [0.5, 0.6) is 17.2 Å². The minimum absolute atomic E-state index is 0.0376. The fraction of sp³-hybridized carbons (Fsp3) is 0.500. The number of phenolic OH excluding ortho intramolecular Hbond substituents is 1. The van der Waals surface area contributed by atoms with E-state index in [9.17, 15) is 9.90 Å². The molecule has 2 aromatic rings. The van der Waals surface area contributed by atoms with E-state index in [1.807, 2.05) is 20.8 Å². The van der Waals surface area contributed by atoms with Crippen molar-refractivity contribution in [3.05, 3.63) is 45.1 Å². The number of nitrogens with zero attached hydrogens (tertiary/aromatic N) is 2. The molecule has 27 heavy (non-hydrogen) atoms. The molecule has 0 aliphatic carbocycles. The summed E-state index contributed by atoms with van der Waals surface area (Å²) in [7, 11) is 3.14. The Hall–Kier alpha value is -2.54. The van der Waals surface area contributed by atoms with Crippen LogP contribution in [0, 0.1) is 0 Å². The summed E-state index contributed by atoms with van der Waals surface area (Å²) in [5.41, 5.74) is 2.20. The number of rotatable bonds is 4. The summed E-state index contributed by atoms with van der Waals surface area (Å²) in [6.45, 7) is 7.99. The van der Waals surface area contributed by atoms with Gasteiger partial charge in [0.15, 0.2) is 0 Å². The minimum Gasteiger partial charge on any atom is -0.508 e. The summed E-state index contributed by atoms with van der Waals surface area (Å²) in [5.74, 6) is 1.95.